The van der Waals surface area contributed by atoms with Gasteiger partial charge < -0.3 is 15.0 Å². The highest BCUT2D eigenvalue weighted by Crippen LogP contribution is 2.25. The van der Waals surface area contributed by atoms with Crippen LogP contribution in [-0.4, -0.2) is 47.7 Å². The molecule has 1 saturated heterocycles. The number of hydrogen-bond donors (Lipinski definition) is 2. The van der Waals surface area contributed by atoms with Crippen LogP contribution >= 0.6 is 0 Å². The molecule has 1 amide bonds. The van der Waals surface area contributed by atoms with Gasteiger partial charge in [-0.25, -0.2) is 14.3 Å². The summed E-state index contributed by atoms with van der Waals surface area (Å²) < 4.78 is 19.4. The number of amides is 1. The average molecular weight is 335 g/mol. The molecule has 0 radical (unpaired) electrons. The van der Waals surface area contributed by atoms with Crippen LogP contribution in [0.2, 0.25) is 0 Å². The molecule has 2 fully saturated rings. The van der Waals surface area contributed by atoms with E-state index in [1.54, 1.807) is 6.07 Å². The number of nitrogens with zero attached hydrogens (tertiary/aromatic N) is 3. The largest absolute Gasteiger partial charge is 0.441 e. The Hall–Kier alpha value is -2.63. The first-order valence-corrected chi connectivity index (χ1v) is 7.92. The maximum absolute atomic E-state index is 14.2. The zero-order chi connectivity index (χ0) is 17.1. The number of halogens is 1. The molecule has 2 atom stereocenters. The van der Waals surface area contributed by atoms with Crippen molar-refractivity contribution in [2.45, 2.75) is 44.0 Å². The molecule has 2 unspecified atom stereocenters. The molecule has 1 aliphatic carbocycles. The van der Waals surface area contributed by atoms with Gasteiger partial charge in [-0.15, -0.1) is 0 Å². The van der Waals surface area contributed by atoms with Gasteiger partial charge in [-0.1, -0.05) is 12.8 Å². The molecular weight excluding hydrogens is 317 g/mol. The van der Waals surface area contributed by atoms with E-state index >= 15 is 0 Å². The van der Waals surface area contributed by atoms with Crippen LogP contribution in [0, 0.1) is 11.3 Å². The second kappa shape index (κ2) is 6.86. The van der Waals surface area contributed by atoms with Crippen molar-refractivity contribution in [2.24, 2.45) is 0 Å². The molecule has 8 nitrogen and oxygen atoms in total. The number of aromatic amines is 1. The Morgan fingerprint density at radius 3 is 2.92 bits per heavy atom. The number of H-pyrrole nitrogens is 1. The van der Waals surface area contributed by atoms with Crippen LogP contribution in [0.25, 0.3) is 0 Å². The molecular formula is C15H18FN5O3. The number of ether oxygens (including phenoxy) is 1. The Kier molecular flexibility index (Phi) is 4.64. The summed E-state index contributed by atoms with van der Waals surface area (Å²) in [5, 5.41) is 17.6. The van der Waals surface area contributed by atoms with Crippen LogP contribution < -0.4 is 15.8 Å². The van der Waals surface area contributed by atoms with Gasteiger partial charge in [0.1, 0.15) is 11.6 Å². The summed E-state index contributed by atoms with van der Waals surface area (Å²) in [5.74, 6) is 0. The van der Waals surface area contributed by atoms with Gasteiger partial charge in [-0.05, 0) is 12.8 Å². The molecule has 1 saturated carbocycles. The van der Waals surface area contributed by atoms with E-state index in [9.17, 15) is 14.0 Å². The third kappa shape index (κ3) is 3.32. The molecule has 1 aromatic rings. The summed E-state index contributed by atoms with van der Waals surface area (Å²) in [6.07, 6.45) is 2.29. The first-order valence-electron chi connectivity index (χ1n) is 7.92. The summed E-state index contributed by atoms with van der Waals surface area (Å²) in [6.45, 7) is 0.000253. The van der Waals surface area contributed by atoms with Crippen LogP contribution in [0.3, 0.4) is 0 Å². The van der Waals surface area contributed by atoms with E-state index in [0.29, 0.717) is 0 Å². The highest BCUT2D eigenvalue weighted by Gasteiger charge is 2.37. The predicted octanol–water partition coefficient (Wildman–Crippen LogP) is 0.837. The summed E-state index contributed by atoms with van der Waals surface area (Å²) in [4.78, 5) is 25.0. The number of anilines is 1. The maximum atomic E-state index is 14.2. The van der Waals surface area contributed by atoms with Crippen molar-refractivity contribution in [3.05, 3.63) is 22.1 Å². The number of nitrogens with one attached hydrogen (secondary N) is 2. The fraction of sp³-hybridized carbons (Fsp3) is 0.600. The van der Waals surface area contributed by atoms with Crippen molar-refractivity contribution >= 4 is 11.8 Å². The van der Waals surface area contributed by atoms with Crippen molar-refractivity contribution in [1.82, 2.24) is 15.5 Å². The van der Waals surface area contributed by atoms with E-state index in [1.807, 2.05) is 0 Å². The number of aromatic nitrogens is 2. The molecule has 2 aliphatic rings. The number of nitriles is 1. The maximum Gasteiger partial charge on any atom is 0.407 e. The first kappa shape index (κ1) is 16.2. The number of carbonyl (C=O) groups excluding carboxylic acids is 1. The van der Waals surface area contributed by atoms with Gasteiger partial charge in [0.2, 0.25) is 0 Å². The lowest BCUT2D eigenvalue weighted by Gasteiger charge is -2.19. The lowest BCUT2D eigenvalue weighted by atomic mass is 10.2. The van der Waals surface area contributed by atoms with Crippen LogP contribution in [0.5, 0.6) is 0 Å². The Balaban J connectivity index is 1.64. The fourth-order valence-electron chi connectivity index (χ4n) is 3.19. The predicted molar refractivity (Wildman–Crippen MR) is 82.3 cm³/mol. The first-order chi connectivity index (χ1) is 11.6. The molecule has 2 heterocycles. The second-order valence-corrected chi connectivity index (χ2v) is 6.06. The van der Waals surface area contributed by atoms with Crippen LogP contribution in [-0.2, 0) is 4.74 Å². The monoisotopic (exact) mass is 335 g/mol. The molecule has 128 valence electrons. The van der Waals surface area contributed by atoms with Gasteiger partial charge in [0, 0.05) is 6.04 Å². The normalized spacial score (nSPS) is 23.9. The van der Waals surface area contributed by atoms with Crippen molar-refractivity contribution in [1.29, 1.82) is 5.26 Å². The lowest BCUT2D eigenvalue weighted by molar-refractivity contribution is 0.0682. The number of carbonyl (C=O) groups is 1. The third-order valence-electron chi connectivity index (χ3n) is 4.42. The highest BCUT2D eigenvalue weighted by atomic mass is 19.1. The van der Waals surface area contributed by atoms with Crippen LogP contribution in [0.15, 0.2) is 11.0 Å². The van der Waals surface area contributed by atoms with Gasteiger partial charge in [-0.3, -0.25) is 4.79 Å². The smallest absolute Gasteiger partial charge is 0.407 e. The van der Waals surface area contributed by atoms with Gasteiger partial charge >= 0.3 is 6.09 Å². The van der Waals surface area contributed by atoms with Gasteiger partial charge in [0.15, 0.2) is 12.3 Å². The van der Waals surface area contributed by atoms with Crippen LogP contribution in [0.1, 0.15) is 31.2 Å². The molecule has 1 aromatic heterocycles. The molecule has 1 aliphatic heterocycles. The lowest BCUT2D eigenvalue weighted by Crippen LogP contribution is -2.38. The zero-order valence-electron chi connectivity index (χ0n) is 13.0. The minimum Gasteiger partial charge on any atom is -0.441 e. The van der Waals surface area contributed by atoms with Crippen molar-refractivity contribution in [2.75, 3.05) is 18.0 Å². The van der Waals surface area contributed by atoms with E-state index in [0.717, 1.165) is 25.7 Å². The SMILES string of the molecule is N#Cc1c(N2CC(F)C(OC(=O)NC3CCCC3)C2)cn[nH]c1=O. The van der Waals surface area contributed by atoms with Crippen molar-refractivity contribution < 1.29 is 13.9 Å². The minimum atomic E-state index is -1.40. The summed E-state index contributed by atoms with van der Waals surface area (Å²) in [5.41, 5.74) is -0.520. The molecule has 3 rings (SSSR count). The average Bonchev–Trinajstić information content (AvgIpc) is 3.17. The minimum absolute atomic E-state index is 0.0683. The van der Waals surface area contributed by atoms with Crippen LogP contribution in [0.4, 0.5) is 14.9 Å². The third-order valence-corrected chi connectivity index (χ3v) is 4.42. The fourth-order valence-corrected chi connectivity index (χ4v) is 3.19. The van der Waals surface area contributed by atoms with E-state index in [4.69, 9.17) is 10.00 Å². The van der Waals surface area contributed by atoms with Gasteiger partial charge in [0.05, 0.1) is 25.0 Å². The highest BCUT2D eigenvalue weighted by molar-refractivity contribution is 5.68. The molecule has 2 N–H and O–H groups in total. The van der Waals surface area contributed by atoms with Crippen molar-refractivity contribution in [3.63, 3.8) is 0 Å². The molecule has 0 bridgehead atoms. The summed E-state index contributed by atoms with van der Waals surface area (Å²) in [6, 6.07) is 1.88. The van der Waals surface area contributed by atoms with E-state index in [-0.39, 0.29) is 30.4 Å². The molecule has 9 heteroatoms. The number of alkyl carbamates (subject to hydrolysis) is 1. The van der Waals surface area contributed by atoms with Crippen molar-refractivity contribution in [3.8, 4) is 6.07 Å². The Bertz CT molecular complexity index is 710. The van der Waals surface area contributed by atoms with E-state index in [2.05, 4.69) is 15.5 Å². The number of alkyl halides is 1. The molecule has 0 spiro atoms. The Morgan fingerprint density at radius 1 is 1.46 bits per heavy atom. The zero-order valence-corrected chi connectivity index (χ0v) is 13.0. The Labute approximate surface area is 137 Å². The standard InChI is InChI=1S/C15H18FN5O3/c16-11-7-21(12-6-18-20-14(22)10(12)5-17)8-13(11)24-15(23)19-9-3-1-2-4-9/h6,9,11,13H,1-4,7-8H2,(H,19,23)(H,20,22). The van der Waals surface area contributed by atoms with Gasteiger partial charge in [0.25, 0.3) is 5.56 Å². The summed E-state index contributed by atoms with van der Waals surface area (Å²) in [7, 11) is 0. The Morgan fingerprint density at radius 2 is 2.21 bits per heavy atom. The molecule has 24 heavy (non-hydrogen) atoms. The second-order valence-electron chi connectivity index (χ2n) is 6.06. The summed E-state index contributed by atoms with van der Waals surface area (Å²) >= 11 is 0. The number of hydrogen-bond acceptors (Lipinski definition) is 6. The van der Waals surface area contributed by atoms with E-state index in [1.165, 1.54) is 11.1 Å². The van der Waals surface area contributed by atoms with Gasteiger partial charge in [-0.2, -0.15) is 10.4 Å². The molecule has 0 aromatic carbocycles. The van der Waals surface area contributed by atoms with E-state index < -0.39 is 23.9 Å². The topological polar surface area (TPSA) is 111 Å². The quantitative estimate of drug-likeness (QED) is 0.846. The number of rotatable bonds is 3.